The third-order valence-electron chi connectivity index (χ3n) is 2.43. The van der Waals surface area contributed by atoms with Crippen molar-refractivity contribution >= 4 is 0 Å². The topological polar surface area (TPSA) is 20.2 Å². The minimum absolute atomic E-state index is 0. The van der Waals surface area contributed by atoms with Crippen LogP contribution in [0.3, 0.4) is 0 Å². The van der Waals surface area contributed by atoms with Crippen molar-refractivity contribution in [3.63, 3.8) is 0 Å². The van der Waals surface area contributed by atoms with Gasteiger partial charge in [0, 0.05) is 0 Å². The molecule has 0 unspecified atom stereocenters. The van der Waals surface area contributed by atoms with Crippen LogP contribution in [0.15, 0.2) is 78.9 Å². The summed E-state index contributed by atoms with van der Waals surface area (Å²) in [7, 11) is 0. The van der Waals surface area contributed by atoms with Gasteiger partial charge in [0.05, 0.1) is 5.75 Å². The maximum Gasteiger partial charge on any atom is 2.00 e. The number of phenols is 1. The molecule has 1 N–H and O–H groups in total. The summed E-state index contributed by atoms with van der Waals surface area (Å²) in [6.45, 7) is 0. The third kappa shape index (κ3) is 3.92. The van der Waals surface area contributed by atoms with E-state index in [1.807, 2.05) is 72.8 Å². The Morgan fingerprint density at radius 1 is 0.833 bits per heavy atom. The van der Waals surface area contributed by atoms with Crippen LogP contribution in [-0.4, -0.2) is 5.11 Å². The second-order valence-corrected chi connectivity index (χ2v) is 3.65. The fourth-order valence-corrected chi connectivity index (χ4v) is 1.59. The van der Waals surface area contributed by atoms with Crippen LogP contribution in [0.4, 0.5) is 0 Å². The van der Waals surface area contributed by atoms with E-state index in [-0.39, 0.29) is 17.1 Å². The quantitative estimate of drug-likeness (QED) is 0.523. The summed E-state index contributed by atoms with van der Waals surface area (Å²) >= 11 is 0. The van der Waals surface area contributed by atoms with Crippen molar-refractivity contribution in [3.8, 4) is 16.9 Å². The maximum absolute atomic E-state index is 9.48. The number of phenolic OH excluding ortho intramolecular Hbond substituents is 1. The summed E-state index contributed by atoms with van der Waals surface area (Å²) in [5.41, 5.74) is 1.95. The molecule has 0 aliphatic rings. The molecule has 18 heavy (non-hydrogen) atoms. The van der Waals surface area contributed by atoms with Crippen LogP contribution in [0.1, 0.15) is 0 Å². The van der Waals surface area contributed by atoms with Gasteiger partial charge >= 0.3 is 17.1 Å². The maximum atomic E-state index is 9.48. The number of hydrogen-bond acceptors (Lipinski definition) is 1. The molecule has 0 saturated carbocycles. The molecule has 3 aromatic carbocycles. The summed E-state index contributed by atoms with van der Waals surface area (Å²) in [4.78, 5) is 0. The van der Waals surface area contributed by atoms with Crippen molar-refractivity contribution in [1.29, 1.82) is 0 Å². The van der Waals surface area contributed by atoms with Gasteiger partial charge in [0.1, 0.15) is 0 Å². The van der Waals surface area contributed by atoms with Crippen LogP contribution >= 0.6 is 0 Å². The van der Waals surface area contributed by atoms with Crippen molar-refractivity contribution in [2.24, 2.45) is 0 Å². The predicted molar refractivity (Wildman–Crippen MR) is 71.2 cm³/mol. The number of aromatic hydroxyl groups is 1. The Labute approximate surface area is 118 Å². The molecule has 3 aromatic rings. The molecule has 0 atom stereocenters. The van der Waals surface area contributed by atoms with Gasteiger partial charge in [-0.3, -0.25) is 0 Å². The first-order valence-corrected chi connectivity index (χ1v) is 5.54. The van der Waals surface area contributed by atoms with E-state index in [2.05, 4.69) is 0 Å². The Morgan fingerprint density at radius 3 is 1.94 bits per heavy atom. The zero-order valence-corrected chi connectivity index (χ0v) is 10.9. The summed E-state index contributed by atoms with van der Waals surface area (Å²) in [6, 6.07) is 25.2. The summed E-state index contributed by atoms with van der Waals surface area (Å²) in [6.07, 6.45) is 0. The van der Waals surface area contributed by atoms with Gasteiger partial charge in [-0.05, 0) is 0 Å². The zero-order chi connectivity index (χ0) is 11.9. The fourth-order valence-electron chi connectivity index (χ4n) is 1.59. The molecule has 1 nitrogen and oxygen atoms in total. The zero-order valence-electron chi connectivity index (χ0n) is 9.81. The number of benzene rings is 1. The van der Waals surface area contributed by atoms with E-state index in [9.17, 15) is 5.11 Å². The molecule has 0 fully saturated rings. The van der Waals surface area contributed by atoms with E-state index >= 15 is 0 Å². The smallest absolute Gasteiger partial charge is 0.542 e. The summed E-state index contributed by atoms with van der Waals surface area (Å²) in [5.74, 6) is 0.337. The minimum Gasteiger partial charge on any atom is -0.542 e. The van der Waals surface area contributed by atoms with E-state index in [0.29, 0.717) is 5.75 Å². The van der Waals surface area contributed by atoms with E-state index < -0.39 is 0 Å². The molecule has 0 aliphatic heterocycles. The van der Waals surface area contributed by atoms with E-state index in [0.717, 1.165) is 11.1 Å². The minimum atomic E-state index is 0. The second kappa shape index (κ2) is 7.54. The molecular formula is C16H14FeO. The van der Waals surface area contributed by atoms with E-state index in [1.54, 1.807) is 6.07 Å². The van der Waals surface area contributed by atoms with Gasteiger partial charge in [0.15, 0.2) is 0 Å². The molecule has 92 valence electrons. The van der Waals surface area contributed by atoms with Gasteiger partial charge in [-0.15, -0.1) is 18.2 Å². The van der Waals surface area contributed by atoms with Crippen molar-refractivity contribution in [2.45, 2.75) is 0 Å². The third-order valence-corrected chi connectivity index (χ3v) is 2.43. The van der Waals surface area contributed by atoms with Crippen molar-refractivity contribution in [1.82, 2.24) is 0 Å². The Morgan fingerprint density at radius 2 is 1.44 bits per heavy atom. The molecule has 0 bridgehead atoms. The standard InChI is InChI=1S/C11H9O.C5H5.Fe/c12-11-8-4-3-7-10(11)9-5-1-2-6-9;1-2-4-5-3-1;/h1-8,12H;1-5H;/q2*-1;+2. The van der Waals surface area contributed by atoms with Gasteiger partial charge < -0.3 is 5.11 Å². The van der Waals surface area contributed by atoms with Crippen LogP contribution in [0.2, 0.25) is 0 Å². The number of rotatable bonds is 1. The average Bonchev–Trinajstić information content (AvgIpc) is 3.06. The molecule has 2 heteroatoms. The molecule has 0 radical (unpaired) electrons. The fraction of sp³-hybridized carbons (Fsp3) is 0. The van der Waals surface area contributed by atoms with E-state index in [1.165, 1.54) is 0 Å². The van der Waals surface area contributed by atoms with Crippen molar-refractivity contribution in [2.75, 3.05) is 0 Å². The first-order valence-electron chi connectivity index (χ1n) is 5.54. The van der Waals surface area contributed by atoms with Gasteiger partial charge in [-0.25, -0.2) is 12.1 Å². The van der Waals surface area contributed by atoms with Crippen LogP contribution in [-0.2, 0) is 17.1 Å². The van der Waals surface area contributed by atoms with Crippen LogP contribution in [0.5, 0.6) is 5.75 Å². The summed E-state index contributed by atoms with van der Waals surface area (Å²) < 4.78 is 0. The van der Waals surface area contributed by atoms with Gasteiger partial charge in [0.2, 0.25) is 0 Å². The molecule has 0 amide bonds. The normalized spacial score (nSPS) is 8.89. The molecule has 0 saturated heterocycles. The molecule has 0 aliphatic carbocycles. The Hall–Kier alpha value is -1.76. The Kier molecular flexibility index (Phi) is 5.99. The monoisotopic (exact) mass is 278 g/mol. The number of hydrogen-bond donors (Lipinski definition) is 1. The van der Waals surface area contributed by atoms with Gasteiger partial charge in [-0.2, -0.15) is 30.3 Å². The molecule has 3 rings (SSSR count). The largest absolute Gasteiger partial charge is 2.00 e. The first kappa shape index (κ1) is 14.3. The van der Waals surface area contributed by atoms with Crippen LogP contribution in [0, 0.1) is 0 Å². The molecule has 0 heterocycles. The SMILES string of the molecule is Oc1ccccc1-[c-]1cccc1.[Fe+2].c1cc[cH-]c1. The molecule has 0 spiro atoms. The second-order valence-electron chi connectivity index (χ2n) is 3.65. The predicted octanol–water partition coefficient (Wildman–Crippen LogP) is 4.18. The average molecular weight is 278 g/mol. The van der Waals surface area contributed by atoms with Gasteiger partial charge in [0.25, 0.3) is 0 Å². The van der Waals surface area contributed by atoms with Gasteiger partial charge in [-0.1, -0.05) is 29.3 Å². The summed E-state index contributed by atoms with van der Waals surface area (Å²) in [5, 5.41) is 9.48. The Bertz CT molecular complexity index is 507. The van der Waals surface area contributed by atoms with E-state index in [4.69, 9.17) is 0 Å². The van der Waals surface area contributed by atoms with Crippen LogP contribution < -0.4 is 0 Å². The van der Waals surface area contributed by atoms with Crippen molar-refractivity contribution in [3.05, 3.63) is 78.9 Å². The Balaban J connectivity index is 0.000000230. The first-order chi connectivity index (χ1) is 8.38. The van der Waals surface area contributed by atoms with Crippen molar-refractivity contribution < 1.29 is 22.2 Å². The van der Waals surface area contributed by atoms with Crippen LogP contribution in [0.25, 0.3) is 11.1 Å². The molecule has 0 aromatic heterocycles. The molecular weight excluding hydrogens is 264 g/mol. The number of para-hydroxylation sites is 1.